The molecular formula is C19H23N5O2. The molecule has 7 heteroatoms. The van der Waals surface area contributed by atoms with Gasteiger partial charge in [-0.15, -0.1) is 10.2 Å². The van der Waals surface area contributed by atoms with Gasteiger partial charge in [0.1, 0.15) is 12.4 Å². The lowest BCUT2D eigenvalue weighted by atomic mass is 10.2. The molecule has 1 amide bonds. The van der Waals surface area contributed by atoms with Crippen molar-refractivity contribution in [3.05, 3.63) is 40.4 Å². The van der Waals surface area contributed by atoms with E-state index in [1.807, 2.05) is 42.5 Å². The van der Waals surface area contributed by atoms with Crippen LogP contribution in [0.25, 0.3) is 16.7 Å². The molecule has 0 saturated heterocycles. The molecule has 3 aromatic rings. The number of amides is 1. The van der Waals surface area contributed by atoms with Gasteiger partial charge in [0.25, 0.3) is 5.56 Å². The lowest BCUT2D eigenvalue weighted by Crippen LogP contribution is -2.38. The van der Waals surface area contributed by atoms with Crippen LogP contribution in [0.5, 0.6) is 0 Å². The molecule has 7 nitrogen and oxygen atoms in total. The molecule has 1 aromatic carbocycles. The monoisotopic (exact) mass is 353 g/mol. The van der Waals surface area contributed by atoms with Crippen molar-refractivity contribution in [3.8, 4) is 0 Å². The second kappa shape index (κ2) is 6.55. The molecule has 1 fully saturated rings. The van der Waals surface area contributed by atoms with E-state index in [9.17, 15) is 9.59 Å². The van der Waals surface area contributed by atoms with Crippen LogP contribution in [-0.2, 0) is 11.3 Å². The summed E-state index contributed by atoms with van der Waals surface area (Å²) in [5.74, 6) is 0.752. The molecule has 4 rings (SSSR count). The summed E-state index contributed by atoms with van der Waals surface area (Å²) in [4.78, 5) is 25.5. The van der Waals surface area contributed by atoms with E-state index in [1.165, 1.54) is 4.57 Å². The zero-order valence-corrected chi connectivity index (χ0v) is 15.1. The lowest BCUT2D eigenvalue weighted by molar-refractivity contribution is -0.122. The first-order valence-electron chi connectivity index (χ1n) is 9.22. The zero-order chi connectivity index (χ0) is 18.3. The van der Waals surface area contributed by atoms with E-state index in [2.05, 4.69) is 15.5 Å². The smallest absolute Gasteiger partial charge is 0.297 e. The molecule has 1 aliphatic rings. The van der Waals surface area contributed by atoms with Crippen molar-refractivity contribution in [3.63, 3.8) is 0 Å². The molecule has 1 saturated carbocycles. The third-order valence-corrected chi connectivity index (χ3v) is 5.08. The number of carbonyl (C=O) groups is 1. The van der Waals surface area contributed by atoms with Crippen molar-refractivity contribution in [2.45, 2.75) is 58.0 Å². The summed E-state index contributed by atoms with van der Waals surface area (Å²) in [5, 5.41) is 11.4. The number of aromatic nitrogens is 4. The summed E-state index contributed by atoms with van der Waals surface area (Å²) in [6.07, 6.45) is 4.33. The molecule has 0 bridgehead atoms. The molecule has 2 aromatic heterocycles. The quantitative estimate of drug-likeness (QED) is 0.780. The molecule has 0 radical (unpaired) electrons. The summed E-state index contributed by atoms with van der Waals surface area (Å²) in [6.45, 7) is 4.04. The van der Waals surface area contributed by atoms with Gasteiger partial charge in [-0.05, 0) is 25.0 Å². The highest BCUT2D eigenvalue weighted by molar-refractivity contribution is 5.82. The topological polar surface area (TPSA) is 81.3 Å². The summed E-state index contributed by atoms with van der Waals surface area (Å²) in [7, 11) is 0. The van der Waals surface area contributed by atoms with E-state index < -0.39 is 0 Å². The van der Waals surface area contributed by atoms with Gasteiger partial charge in [0.2, 0.25) is 11.6 Å². The molecule has 0 spiro atoms. The third kappa shape index (κ3) is 2.77. The largest absolute Gasteiger partial charge is 0.352 e. The van der Waals surface area contributed by atoms with Crippen LogP contribution in [0.15, 0.2) is 29.1 Å². The van der Waals surface area contributed by atoms with Crippen LogP contribution in [0.3, 0.4) is 0 Å². The first kappa shape index (κ1) is 16.8. The van der Waals surface area contributed by atoms with Gasteiger partial charge in [-0.1, -0.05) is 38.8 Å². The van der Waals surface area contributed by atoms with Gasteiger partial charge in [0, 0.05) is 12.0 Å². The molecule has 0 atom stereocenters. The van der Waals surface area contributed by atoms with Crippen LogP contribution >= 0.6 is 0 Å². The fourth-order valence-electron chi connectivity index (χ4n) is 3.80. The number of nitrogens with one attached hydrogen (secondary N) is 1. The average molecular weight is 353 g/mol. The van der Waals surface area contributed by atoms with E-state index in [0.717, 1.165) is 37.0 Å². The number of nitrogens with zero attached hydrogens (tertiary/aromatic N) is 4. The highest BCUT2D eigenvalue weighted by atomic mass is 16.2. The van der Waals surface area contributed by atoms with Crippen LogP contribution in [0.2, 0.25) is 0 Å². The molecule has 1 N–H and O–H groups in total. The molecule has 1 aliphatic carbocycles. The maximum Gasteiger partial charge on any atom is 0.297 e. The average Bonchev–Trinajstić information content (AvgIpc) is 3.28. The van der Waals surface area contributed by atoms with Gasteiger partial charge in [-0.25, -0.2) is 0 Å². The minimum Gasteiger partial charge on any atom is -0.352 e. The Kier molecular flexibility index (Phi) is 4.22. The first-order chi connectivity index (χ1) is 12.6. The summed E-state index contributed by atoms with van der Waals surface area (Å²) in [5.41, 5.74) is 1.53. The number of benzene rings is 1. The SMILES string of the molecule is CC(C)c1nnc2c(=O)n(CC(=O)NC3CCCC3)c3ccccc3n12. The van der Waals surface area contributed by atoms with Crippen LogP contribution in [0.1, 0.15) is 51.3 Å². The third-order valence-electron chi connectivity index (χ3n) is 5.08. The van der Waals surface area contributed by atoms with Crippen molar-refractivity contribution < 1.29 is 4.79 Å². The Morgan fingerprint density at radius 3 is 2.58 bits per heavy atom. The second-order valence-corrected chi connectivity index (χ2v) is 7.30. The van der Waals surface area contributed by atoms with E-state index in [-0.39, 0.29) is 35.6 Å². The fraction of sp³-hybridized carbons (Fsp3) is 0.474. The number of fused-ring (bicyclic) bond motifs is 3. The molecule has 0 aliphatic heterocycles. The summed E-state index contributed by atoms with van der Waals surface area (Å²) < 4.78 is 3.32. The summed E-state index contributed by atoms with van der Waals surface area (Å²) >= 11 is 0. The minimum atomic E-state index is -0.287. The van der Waals surface area contributed by atoms with Crippen LogP contribution in [0, 0.1) is 0 Å². The standard InChI is InChI=1S/C19H23N5O2/c1-12(2)17-21-22-18-19(26)23(11-16(25)20-13-7-3-4-8-13)14-9-5-6-10-15(14)24(17)18/h5-6,9-10,12-13H,3-4,7-8,11H2,1-2H3,(H,20,25). The van der Waals surface area contributed by atoms with Crippen molar-refractivity contribution >= 4 is 22.6 Å². The zero-order valence-electron chi connectivity index (χ0n) is 15.1. The summed E-state index contributed by atoms with van der Waals surface area (Å²) in [6, 6.07) is 7.82. The molecule has 2 heterocycles. The van der Waals surface area contributed by atoms with Crippen molar-refractivity contribution in [2.75, 3.05) is 0 Å². The number of hydrogen-bond acceptors (Lipinski definition) is 4. The molecular weight excluding hydrogens is 330 g/mol. The lowest BCUT2D eigenvalue weighted by Gasteiger charge is -2.15. The van der Waals surface area contributed by atoms with Crippen molar-refractivity contribution in [1.82, 2.24) is 24.5 Å². The highest BCUT2D eigenvalue weighted by Gasteiger charge is 2.21. The van der Waals surface area contributed by atoms with E-state index in [0.29, 0.717) is 5.52 Å². The van der Waals surface area contributed by atoms with E-state index in [4.69, 9.17) is 0 Å². The fourth-order valence-corrected chi connectivity index (χ4v) is 3.80. The Morgan fingerprint density at radius 1 is 1.19 bits per heavy atom. The van der Waals surface area contributed by atoms with Crippen molar-refractivity contribution in [1.29, 1.82) is 0 Å². The predicted molar refractivity (Wildman–Crippen MR) is 99.2 cm³/mol. The van der Waals surface area contributed by atoms with Gasteiger partial charge in [-0.3, -0.25) is 18.6 Å². The normalized spacial score (nSPS) is 15.3. The Hall–Kier alpha value is -2.70. The molecule has 26 heavy (non-hydrogen) atoms. The van der Waals surface area contributed by atoms with Gasteiger partial charge in [0.15, 0.2) is 0 Å². The van der Waals surface area contributed by atoms with Gasteiger partial charge >= 0.3 is 0 Å². The van der Waals surface area contributed by atoms with Crippen molar-refractivity contribution in [2.24, 2.45) is 0 Å². The highest BCUT2D eigenvalue weighted by Crippen LogP contribution is 2.20. The predicted octanol–water partition coefficient (Wildman–Crippen LogP) is 2.23. The molecule has 136 valence electrons. The molecule has 0 unspecified atom stereocenters. The van der Waals surface area contributed by atoms with E-state index >= 15 is 0 Å². The Labute approximate surface area is 151 Å². The number of rotatable bonds is 4. The second-order valence-electron chi connectivity index (χ2n) is 7.30. The maximum atomic E-state index is 13.0. The van der Waals surface area contributed by atoms with Crippen LogP contribution < -0.4 is 10.9 Å². The first-order valence-corrected chi connectivity index (χ1v) is 9.22. The number of carbonyl (C=O) groups excluding carboxylic acids is 1. The van der Waals surface area contributed by atoms with Crippen LogP contribution in [-0.4, -0.2) is 31.1 Å². The van der Waals surface area contributed by atoms with E-state index in [1.54, 1.807) is 0 Å². The van der Waals surface area contributed by atoms with Gasteiger partial charge in [0.05, 0.1) is 11.0 Å². The Morgan fingerprint density at radius 2 is 1.88 bits per heavy atom. The Balaban J connectivity index is 1.82. The maximum absolute atomic E-state index is 13.0. The van der Waals surface area contributed by atoms with Gasteiger partial charge < -0.3 is 5.32 Å². The Bertz CT molecular complexity index is 1030. The number of para-hydroxylation sites is 2. The minimum absolute atomic E-state index is 0.00375. The number of hydrogen-bond donors (Lipinski definition) is 1. The van der Waals surface area contributed by atoms with Crippen LogP contribution in [0.4, 0.5) is 0 Å². The van der Waals surface area contributed by atoms with Gasteiger partial charge in [-0.2, -0.15) is 0 Å².